The van der Waals surface area contributed by atoms with E-state index in [1.165, 1.54) is 76.6 Å². The fourth-order valence-electron chi connectivity index (χ4n) is 11.4. The first-order valence-corrected chi connectivity index (χ1v) is 26.7. The number of fused-ring (bicyclic) bond motifs is 9. The Kier molecular flexibility index (Phi) is 10.9. The molecule has 75 heavy (non-hydrogen) atoms. The van der Waals surface area contributed by atoms with Crippen molar-refractivity contribution in [3.05, 3.63) is 210 Å². The quantitative estimate of drug-likeness (QED) is 0.153. The van der Waals surface area contributed by atoms with E-state index in [0.717, 1.165) is 56.6 Å². The highest BCUT2D eigenvalue weighted by atomic mass is 16.1. The Morgan fingerprint density at radius 2 is 0.493 bits per heavy atom. The Balaban J connectivity index is 0.958. The summed E-state index contributed by atoms with van der Waals surface area (Å²) in [5.74, 6) is 0. The molecule has 0 N–H and O–H groups in total. The van der Waals surface area contributed by atoms with Crippen molar-refractivity contribution in [2.45, 2.75) is 105 Å². The molecular weight excluding hydrogens is 911 g/mol. The standard InChI is InChI=1S/C71H67N3O/c1-68(2,3)49-21-33-64-58(39-49)59-40-50(69(4,5)6)22-34-65(59)73(64)54-27-15-45(16-28-54)47-19-31-62-56(37-47)57-38-48(20-32-63(57)72(62)53-25-13-44(43-75)14-26-53)46-17-29-55(30-18-46)74-66-35-23-51(70(7,8)9)41-60(66)61-42-52(71(10,11)12)24-36-67(61)74/h13-43H,1-12H3. The first-order valence-electron chi connectivity index (χ1n) is 26.7. The Morgan fingerprint density at radius 1 is 0.267 bits per heavy atom. The van der Waals surface area contributed by atoms with Crippen LogP contribution in [-0.2, 0) is 21.7 Å². The first kappa shape index (κ1) is 48.0. The van der Waals surface area contributed by atoms with Crippen LogP contribution in [0.25, 0.3) is 105 Å². The zero-order chi connectivity index (χ0) is 52.5. The predicted octanol–water partition coefficient (Wildman–Crippen LogP) is 19.3. The molecule has 4 heteroatoms. The molecule has 0 unspecified atom stereocenters. The third kappa shape index (κ3) is 8.18. The maximum atomic E-state index is 11.8. The van der Waals surface area contributed by atoms with Gasteiger partial charge in [0.25, 0.3) is 0 Å². The Bertz CT molecular complexity index is 3850. The third-order valence-electron chi connectivity index (χ3n) is 16.0. The van der Waals surface area contributed by atoms with Crippen LogP contribution in [0, 0.1) is 0 Å². The molecule has 0 aliphatic heterocycles. The van der Waals surface area contributed by atoms with Crippen LogP contribution in [0.3, 0.4) is 0 Å². The number of aldehydes is 1. The number of rotatable bonds is 6. The summed E-state index contributed by atoms with van der Waals surface area (Å²) in [5.41, 5.74) is 21.2. The van der Waals surface area contributed by atoms with Gasteiger partial charge in [0, 0.05) is 54.9 Å². The summed E-state index contributed by atoms with van der Waals surface area (Å²) in [4.78, 5) is 11.8. The fourth-order valence-corrected chi connectivity index (χ4v) is 11.4. The molecule has 0 spiro atoms. The Hall–Kier alpha value is -7.95. The van der Waals surface area contributed by atoms with Crippen LogP contribution in [0.15, 0.2) is 182 Å². The number of hydrogen-bond donors (Lipinski definition) is 0. The van der Waals surface area contributed by atoms with Gasteiger partial charge in [0.2, 0.25) is 0 Å². The average molecular weight is 978 g/mol. The van der Waals surface area contributed by atoms with E-state index in [9.17, 15) is 4.79 Å². The lowest BCUT2D eigenvalue weighted by Crippen LogP contribution is -2.10. The second-order valence-electron chi connectivity index (χ2n) is 25.2. The molecule has 0 radical (unpaired) electrons. The van der Waals surface area contributed by atoms with Crippen LogP contribution in [0.5, 0.6) is 0 Å². The monoisotopic (exact) mass is 978 g/mol. The normalized spacial score (nSPS) is 12.9. The molecule has 0 saturated carbocycles. The van der Waals surface area contributed by atoms with Crippen LogP contribution in [-0.4, -0.2) is 20.0 Å². The Morgan fingerprint density at radius 3 is 0.747 bits per heavy atom. The summed E-state index contributed by atoms with van der Waals surface area (Å²) < 4.78 is 7.19. The van der Waals surface area contributed by atoms with Crippen molar-refractivity contribution >= 4 is 71.7 Å². The second-order valence-corrected chi connectivity index (χ2v) is 25.2. The van der Waals surface area contributed by atoms with Crippen LogP contribution >= 0.6 is 0 Å². The minimum absolute atomic E-state index is 0.0392. The summed E-state index contributed by atoms with van der Waals surface area (Å²) in [6.07, 6.45) is 0.907. The molecule has 0 aliphatic rings. The lowest BCUT2D eigenvalue weighted by atomic mass is 9.85. The minimum Gasteiger partial charge on any atom is -0.309 e. The molecule has 3 aromatic heterocycles. The van der Waals surface area contributed by atoms with Gasteiger partial charge in [-0.3, -0.25) is 4.79 Å². The molecule has 9 aromatic carbocycles. The van der Waals surface area contributed by atoms with E-state index in [4.69, 9.17) is 0 Å². The van der Waals surface area contributed by atoms with Gasteiger partial charge >= 0.3 is 0 Å². The zero-order valence-corrected chi connectivity index (χ0v) is 45.6. The topological polar surface area (TPSA) is 31.9 Å². The van der Waals surface area contributed by atoms with E-state index in [1.807, 2.05) is 24.3 Å². The molecule has 12 aromatic rings. The van der Waals surface area contributed by atoms with Gasteiger partial charge in [0.05, 0.1) is 33.1 Å². The fraction of sp³-hybridized carbons (Fsp3) is 0.225. The molecule has 0 fully saturated rings. The summed E-state index contributed by atoms with van der Waals surface area (Å²) in [5, 5.41) is 7.50. The highest BCUT2D eigenvalue weighted by molar-refractivity contribution is 6.13. The largest absolute Gasteiger partial charge is 0.309 e. The van der Waals surface area contributed by atoms with E-state index in [2.05, 4.69) is 255 Å². The van der Waals surface area contributed by atoms with Crippen LogP contribution in [0.1, 0.15) is 116 Å². The van der Waals surface area contributed by atoms with Crippen molar-refractivity contribution in [1.82, 2.24) is 13.7 Å². The van der Waals surface area contributed by atoms with Crippen molar-refractivity contribution in [3.8, 4) is 39.3 Å². The molecule has 0 saturated heterocycles. The van der Waals surface area contributed by atoms with Gasteiger partial charge < -0.3 is 13.7 Å². The summed E-state index contributed by atoms with van der Waals surface area (Å²) in [7, 11) is 0. The van der Waals surface area contributed by atoms with E-state index in [1.54, 1.807) is 0 Å². The predicted molar refractivity (Wildman–Crippen MR) is 321 cm³/mol. The maximum absolute atomic E-state index is 11.8. The smallest absolute Gasteiger partial charge is 0.150 e. The summed E-state index contributed by atoms with van der Waals surface area (Å²) in [6.45, 7) is 27.5. The van der Waals surface area contributed by atoms with E-state index in [0.29, 0.717) is 5.56 Å². The number of carbonyl (C=O) groups excluding carboxylic acids is 1. The number of hydrogen-bond acceptors (Lipinski definition) is 1. The SMILES string of the molecule is CC(C)(C)c1ccc2c(c1)c1cc(C(C)(C)C)ccc1n2-c1ccc(-c2ccc3c(c2)c2cc(-c4ccc(-n5c6ccc(C(C)(C)C)cc6c6cc(C(C)(C)C)ccc65)cc4)ccc2n3-c2ccc(C=O)cc2)cc1. The number of nitrogens with zero attached hydrogens (tertiary/aromatic N) is 3. The Labute approximate surface area is 441 Å². The molecule has 12 rings (SSSR count). The van der Waals surface area contributed by atoms with Gasteiger partial charge in [-0.2, -0.15) is 0 Å². The van der Waals surface area contributed by atoms with Crippen molar-refractivity contribution in [1.29, 1.82) is 0 Å². The molecular formula is C71H67N3O. The average Bonchev–Trinajstić information content (AvgIpc) is 4.04. The summed E-state index contributed by atoms with van der Waals surface area (Å²) in [6, 6.07) is 67.9. The summed E-state index contributed by atoms with van der Waals surface area (Å²) >= 11 is 0. The molecule has 3 heterocycles. The molecule has 0 amide bonds. The molecule has 0 bridgehead atoms. The van der Waals surface area contributed by atoms with Gasteiger partial charge in [-0.15, -0.1) is 0 Å². The van der Waals surface area contributed by atoms with E-state index in [-0.39, 0.29) is 21.7 Å². The first-order chi connectivity index (χ1) is 35.6. The number of carbonyl (C=O) groups is 1. The van der Waals surface area contributed by atoms with Crippen LogP contribution in [0.2, 0.25) is 0 Å². The minimum atomic E-state index is 0.0392. The lowest BCUT2D eigenvalue weighted by Gasteiger charge is -2.19. The number of benzene rings is 9. The van der Waals surface area contributed by atoms with Gasteiger partial charge in [-0.25, -0.2) is 0 Å². The zero-order valence-electron chi connectivity index (χ0n) is 45.6. The van der Waals surface area contributed by atoms with Crippen molar-refractivity contribution < 1.29 is 4.79 Å². The molecule has 0 aliphatic carbocycles. The lowest BCUT2D eigenvalue weighted by molar-refractivity contribution is 0.112. The van der Waals surface area contributed by atoms with Crippen molar-refractivity contribution in [2.24, 2.45) is 0 Å². The second kappa shape index (κ2) is 17.0. The van der Waals surface area contributed by atoms with Gasteiger partial charge in [-0.1, -0.05) is 144 Å². The van der Waals surface area contributed by atoms with Gasteiger partial charge in [0.1, 0.15) is 6.29 Å². The van der Waals surface area contributed by atoms with Crippen molar-refractivity contribution in [3.63, 3.8) is 0 Å². The highest BCUT2D eigenvalue weighted by Gasteiger charge is 2.24. The highest BCUT2D eigenvalue weighted by Crippen LogP contribution is 2.42. The van der Waals surface area contributed by atoms with E-state index < -0.39 is 0 Å². The van der Waals surface area contributed by atoms with E-state index >= 15 is 0 Å². The van der Waals surface area contributed by atoms with Gasteiger partial charge in [0.15, 0.2) is 0 Å². The van der Waals surface area contributed by atoms with Crippen molar-refractivity contribution in [2.75, 3.05) is 0 Å². The molecule has 372 valence electrons. The number of aromatic nitrogens is 3. The van der Waals surface area contributed by atoms with Gasteiger partial charge in [-0.05, 0) is 187 Å². The van der Waals surface area contributed by atoms with Crippen LogP contribution < -0.4 is 0 Å². The molecule has 0 atom stereocenters. The van der Waals surface area contributed by atoms with Crippen LogP contribution in [0.4, 0.5) is 0 Å². The third-order valence-corrected chi connectivity index (χ3v) is 16.0. The molecule has 4 nitrogen and oxygen atoms in total. The maximum Gasteiger partial charge on any atom is 0.150 e.